The van der Waals surface area contributed by atoms with Crippen LogP contribution in [0.5, 0.6) is 0 Å². The maximum absolute atomic E-state index is 12.5. The van der Waals surface area contributed by atoms with Crippen molar-refractivity contribution in [3.63, 3.8) is 0 Å². The minimum absolute atomic E-state index is 0.0125. The Kier molecular flexibility index (Phi) is 4.83. The standard InChI is InChI=1S/C18H24N4O2/c1-20(12-17(23)21(2)14-7-4-3-5-8-14)18(24)16-11-15-9-6-10-22(15)13-19-16/h6,9-11,13-14H,3-5,7-8,12H2,1-2H3. The molecule has 0 aromatic carbocycles. The van der Waals surface area contributed by atoms with E-state index in [1.165, 1.54) is 24.2 Å². The molecule has 0 spiro atoms. The highest BCUT2D eigenvalue weighted by molar-refractivity contribution is 5.95. The van der Waals surface area contributed by atoms with E-state index in [4.69, 9.17) is 0 Å². The zero-order valence-electron chi connectivity index (χ0n) is 14.3. The Bertz CT molecular complexity index is 733. The summed E-state index contributed by atoms with van der Waals surface area (Å²) < 4.78 is 1.85. The maximum Gasteiger partial charge on any atom is 0.272 e. The van der Waals surface area contributed by atoms with Crippen molar-refractivity contribution in [2.75, 3.05) is 20.6 Å². The molecule has 1 aliphatic carbocycles. The molecule has 0 bridgehead atoms. The van der Waals surface area contributed by atoms with E-state index in [9.17, 15) is 9.59 Å². The van der Waals surface area contributed by atoms with Crippen molar-refractivity contribution in [3.8, 4) is 0 Å². The van der Waals surface area contributed by atoms with Gasteiger partial charge in [-0.1, -0.05) is 19.3 Å². The lowest BCUT2D eigenvalue weighted by atomic mass is 9.94. The molecule has 128 valence electrons. The zero-order chi connectivity index (χ0) is 17.1. The second kappa shape index (κ2) is 7.03. The minimum Gasteiger partial charge on any atom is -0.341 e. The fraction of sp³-hybridized carbons (Fsp3) is 0.500. The van der Waals surface area contributed by atoms with Gasteiger partial charge in [-0.25, -0.2) is 4.98 Å². The number of carbonyl (C=O) groups excluding carboxylic acids is 2. The van der Waals surface area contributed by atoms with E-state index in [0.29, 0.717) is 11.7 Å². The fourth-order valence-electron chi connectivity index (χ4n) is 3.31. The van der Waals surface area contributed by atoms with Gasteiger partial charge in [-0.05, 0) is 31.0 Å². The largest absolute Gasteiger partial charge is 0.341 e. The van der Waals surface area contributed by atoms with Crippen molar-refractivity contribution in [1.82, 2.24) is 19.2 Å². The quantitative estimate of drug-likeness (QED) is 0.864. The van der Waals surface area contributed by atoms with E-state index >= 15 is 0 Å². The van der Waals surface area contributed by atoms with Crippen molar-refractivity contribution in [3.05, 3.63) is 36.4 Å². The smallest absolute Gasteiger partial charge is 0.272 e. The molecule has 0 atom stereocenters. The Hall–Kier alpha value is -2.37. The van der Waals surface area contributed by atoms with Gasteiger partial charge in [0.25, 0.3) is 5.91 Å². The van der Waals surface area contributed by atoms with Crippen LogP contribution in [0.1, 0.15) is 42.6 Å². The van der Waals surface area contributed by atoms with Crippen molar-refractivity contribution in [2.45, 2.75) is 38.1 Å². The van der Waals surface area contributed by atoms with E-state index in [2.05, 4.69) is 4.98 Å². The summed E-state index contributed by atoms with van der Waals surface area (Å²) in [7, 11) is 3.50. The molecule has 1 saturated carbocycles. The molecule has 0 radical (unpaired) electrons. The monoisotopic (exact) mass is 328 g/mol. The van der Waals surface area contributed by atoms with E-state index in [0.717, 1.165) is 18.4 Å². The van der Waals surface area contributed by atoms with Gasteiger partial charge in [-0.2, -0.15) is 0 Å². The topological polar surface area (TPSA) is 57.9 Å². The number of rotatable bonds is 4. The van der Waals surface area contributed by atoms with Crippen molar-refractivity contribution in [2.24, 2.45) is 0 Å². The summed E-state index contributed by atoms with van der Waals surface area (Å²) >= 11 is 0. The molecular formula is C18H24N4O2. The van der Waals surface area contributed by atoms with Gasteiger partial charge in [0.1, 0.15) is 5.69 Å². The number of fused-ring (bicyclic) bond motifs is 1. The first-order chi connectivity index (χ1) is 11.6. The van der Waals surface area contributed by atoms with Crippen molar-refractivity contribution < 1.29 is 9.59 Å². The van der Waals surface area contributed by atoms with Crippen LogP contribution in [0.2, 0.25) is 0 Å². The number of aromatic nitrogens is 2. The van der Waals surface area contributed by atoms with Gasteiger partial charge in [0.05, 0.1) is 12.9 Å². The molecule has 1 aliphatic rings. The third-order valence-corrected chi connectivity index (χ3v) is 4.87. The Morgan fingerprint density at radius 1 is 1.25 bits per heavy atom. The minimum atomic E-state index is -0.232. The van der Waals surface area contributed by atoms with E-state index in [1.54, 1.807) is 19.4 Å². The molecule has 0 saturated heterocycles. The summed E-state index contributed by atoms with van der Waals surface area (Å²) in [6, 6.07) is 5.87. The summed E-state index contributed by atoms with van der Waals surface area (Å²) in [5.74, 6) is -0.245. The normalized spacial score (nSPS) is 15.4. The zero-order valence-corrected chi connectivity index (χ0v) is 14.3. The highest BCUT2D eigenvalue weighted by Crippen LogP contribution is 2.21. The van der Waals surface area contributed by atoms with Crippen LogP contribution in [0.3, 0.4) is 0 Å². The summed E-state index contributed by atoms with van der Waals surface area (Å²) in [6.07, 6.45) is 9.23. The SMILES string of the molecule is CN(CC(=O)N(C)C1CCCCC1)C(=O)c1cc2cccn2cn1. The van der Waals surface area contributed by atoms with Crippen LogP contribution in [0.15, 0.2) is 30.7 Å². The van der Waals surface area contributed by atoms with Crippen LogP contribution < -0.4 is 0 Å². The first-order valence-electron chi connectivity index (χ1n) is 8.50. The average molecular weight is 328 g/mol. The third kappa shape index (κ3) is 3.42. The van der Waals surface area contributed by atoms with Crippen LogP contribution in [0.4, 0.5) is 0 Å². The molecule has 0 unspecified atom stereocenters. The maximum atomic E-state index is 12.5. The van der Waals surface area contributed by atoms with Crippen LogP contribution >= 0.6 is 0 Å². The second-order valence-corrected chi connectivity index (χ2v) is 6.57. The number of hydrogen-bond donors (Lipinski definition) is 0. The number of carbonyl (C=O) groups is 2. The third-order valence-electron chi connectivity index (χ3n) is 4.87. The van der Waals surface area contributed by atoms with E-state index < -0.39 is 0 Å². The molecule has 2 heterocycles. The second-order valence-electron chi connectivity index (χ2n) is 6.57. The molecule has 0 aliphatic heterocycles. The molecule has 24 heavy (non-hydrogen) atoms. The Balaban J connectivity index is 1.63. The molecule has 6 heteroatoms. The number of amides is 2. The molecule has 1 fully saturated rings. The Labute approximate surface area is 142 Å². The summed E-state index contributed by atoms with van der Waals surface area (Å²) in [5, 5.41) is 0. The molecular weight excluding hydrogens is 304 g/mol. The molecule has 6 nitrogen and oxygen atoms in total. The van der Waals surface area contributed by atoms with Gasteiger partial charge >= 0.3 is 0 Å². The van der Waals surface area contributed by atoms with Crippen LogP contribution in [-0.2, 0) is 4.79 Å². The molecule has 2 amide bonds. The first kappa shape index (κ1) is 16.5. The van der Waals surface area contributed by atoms with E-state index in [-0.39, 0.29) is 18.4 Å². The summed E-state index contributed by atoms with van der Waals surface area (Å²) in [5.41, 5.74) is 1.27. The molecule has 2 aromatic rings. The van der Waals surface area contributed by atoms with Crippen LogP contribution in [0, 0.1) is 0 Å². The average Bonchev–Trinajstić information content (AvgIpc) is 3.08. The fourth-order valence-corrected chi connectivity index (χ4v) is 3.31. The number of nitrogens with zero attached hydrogens (tertiary/aromatic N) is 4. The highest BCUT2D eigenvalue weighted by atomic mass is 16.2. The van der Waals surface area contributed by atoms with Gasteiger partial charge in [-0.3, -0.25) is 9.59 Å². The van der Waals surface area contributed by atoms with Crippen molar-refractivity contribution in [1.29, 1.82) is 0 Å². The number of likely N-dealkylation sites (N-methyl/N-ethyl adjacent to an activating group) is 2. The summed E-state index contributed by atoms with van der Waals surface area (Å²) in [6.45, 7) is 0.0830. The van der Waals surface area contributed by atoms with Crippen LogP contribution in [-0.4, -0.2) is 57.7 Å². The molecule has 3 rings (SSSR count). The van der Waals surface area contributed by atoms with Gasteiger partial charge in [-0.15, -0.1) is 0 Å². The van der Waals surface area contributed by atoms with E-state index in [1.807, 2.05) is 34.7 Å². The lowest BCUT2D eigenvalue weighted by Crippen LogP contribution is -2.44. The first-order valence-corrected chi connectivity index (χ1v) is 8.50. The Morgan fingerprint density at radius 2 is 2.00 bits per heavy atom. The van der Waals surface area contributed by atoms with Crippen LogP contribution in [0.25, 0.3) is 5.52 Å². The van der Waals surface area contributed by atoms with Gasteiger partial charge in [0, 0.05) is 31.9 Å². The van der Waals surface area contributed by atoms with Gasteiger partial charge in [0.2, 0.25) is 5.91 Å². The lowest BCUT2D eigenvalue weighted by molar-refractivity contribution is -0.133. The Morgan fingerprint density at radius 3 is 2.75 bits per heavy atom. The van der Waals surface area contributed by atoms with Gasteiger partial charge in [0.15, 0.2) is 0 Å². The van der Waals surface area contributed by atoms with Crippen molar-refractivity contribution >= 4 is 17.3 Å². The lowest BCUT2D eigenvalue weighted by Gasteiger charge is -2.32. The molecule has 0 N–H and O–H groups in total. The highest BCUT2D eigenvalue weighted by Gasteiger charge is 2.24. The number of hydrogen-bond acceptors (Lipinski definition) is 3. The predicted molar refractivity (Wildman–Crippen MR) is 91.8 cm³/mol. The summed E-state index contributed by atoms with van der Waals surface area (Å²) in [4.78, 5) is 32.4. The van der Waals surface area contributed by atoms with Gasteiger partial charge < -0.3 is 14.2 Å². The predicted octanol–water partition coefficient (Wildman–Crippen LogP) is 2.20. The molecule has 2 aromatic heterocycles.